The van der Waals surface area contributed by atoms with Gasteiger partial charge < -0.3 is 5.32 Å². The van der Waals surface area contributed by atoms with Gasteiger partial charge in [0.15, 0.2) is 0 Å². The highest BCUT2D eigenvalue weighted by Crippen LogP contribution is 2.25. The minimum absolute atomic E-state index is 0.118. The summed E-state index contributed by atoms with van der Waals surface area (Å²) in [6.45, 7) is 4.37. The summed E-state index contributed by atoms with van der Waals surface area (Å²) >= 11 is 0. The van der Waals surface area contributed by atoms with Crippen molar-refractivity contribution in [1.29, 1.82) is 0 Å². The summed E-state index contributed by atoms with van der Waals surface area (Å²) < 4.78 is 26.7. The quantitative estimate of drug-likeness (QED) is 0.651. The first-order valence-corrected chi connectivity index (χ1v) is 10.3. The minimum atomic E-state index is -3.30. The first-order valence-electron chi connectivity index (χ1n) is 8.66. The fourth-order valence-corrected chi connectivity index (χ4v) is 4.03. The predicted molar refractivity (Wildman–Crippen MR) is 108 cm³/mol. The Morgan fingerprint density at radius 3 is 2.62 bits per heavy atom. The van der Waals surface area contributed by atoms with E-state index < -0.39 is 10.0 Å². The van der Waals surface area contributed by atoms with Crippen LogP contribution in [0.4, 0.5) is 11.4 Å². The lowest BCUT2D eigenvalue weighted by Gasteiger charge is -2.15. The van der Waals surface area contributed by atoms with Crippen LogP contribution in [0.2, 0.25) is 0 Å². The molecule has 0 amide bonds. The standard InChI is InChI=1S/C20H23N3O2S/c1-3-11-26(24,25)23-19-10-6-9-18(15(19)2)21-13-16-12-17-7-4-5-8-20(17)22-14-16/h4-10,12,14,21,23H,3,11,13H2,1-2H3. The molecule has 0 radical (unpaired) electrons. The van der Waals surface area contributed by atoms with Gasteiger partial charge in [0.25, 0.3) is 0 Å². The number of para-hydroxylation sites is 1. The number of nitrogens with one attached hydrogen (secondary N) is 2. The monoisotopic (exact) mass is 369 g/mol. The van der Waals surface area contributed by atoms with Gasteiger partial charge in [-0.2, -0.15) is 0 Å². The van der Waals surface area contributed by atoms with E-state index in [2.05, 4.69) is 21.1 Å². The van der Waals surface area contributed by atoms with Gasteiger partial charge in [-0.1, -0.05) is 31.2 Å². The van der Waals surface area contributed by atoms with Crippen molar-refractivity contribution >= 4 is 32.3 Å². The SMILES string of the molecule is CCCS(=O)(=O)Nc1cccc(NCc2cnc3ccccc3c2)c1C. The Balaban J connectivity index is 1.76. The summed E-state index contributed by atoms with van der Waals surface area (Å²) in [5, 5.41) is 4.48. The Bertz CT molecular complexity index is 1020. The number of rotatable bonds is 7. The molecule has 3 rings (SSSR count). The highest BCUT2D eigenvalue weighted by Gasteiger charge is 2.12. The zero-order valence-corrected chi connectivity index (χ0v) is 15.8. The van der Waals surface area contributed by atoms with E-state index in [1.807, 2.05) is 56.4 Å². The fourth-order valence-electron chi connectivity index (χ4n) is 2.84. The molecular weight excluding hydrogens is 346 g/mol. The summed E-state index contributed by atoms with van der Waals surface area (Å²) in [6.07, 6.45) is 2.44. The highest BCUT2D eigenvalue weighted by molar-refractivity contribution is 7.92. The van der Waals surface area contributed by atoms with Crippen molar-refractivity contribution in [2.75, 3.05) is 15.8 Å². The molecule has 0 unspecified atom stereocenters. The van der Waals surface area contributed by atoms with E-state index in [-0.39, 0.29) is 5.75 Å². The van der Waals surface area contributed by atoms with Gasteiger partial charge in [0, 0.05) is 23.8 Å². The summed E-state index contributed by atoms with van der Waals surface area (Å²) in [6, 6.07) is 15.7. The number of benzene rings is 2. The molecule has 0 aliphatic rings. The zero-order chi connectivity index (χ0) is 18.6. The Labute approximate surface area is 154 Å². The number of pyridine rings is 1. The molecule has 0 bridgehead atoms. The van der Waals surface area contributed by atoms with E-state index in [1.54, 1.807) is 6.07 Å². The summed E-state index contributed by atoms with van der Waals surface area (Å²) in [4.78, 5) is 4.47. The molecule has 5 nitrogen and oxygen atoms in total. The molecule has 0 saturated carbocycles. The van der Waals surface area contributed by atoms with Crippen molar-refractivity contribution in [2.45, 2.75) is 26.8 Å². The number of anilines is 2. The Kier molecular flexibility index (Phi) is 5.42. The molecule has 1 aromatic heterocycles. The van der Waals surface area contributed by atoms with Gasteiger partial charge in [0.05, 0.1) is 17.0 Å². The molecule has 2 N–H and O–H groups in total. The first kappa shape index (κ1) is 18.2. The van der Waals surface area contributed by atoms with E-state index in [4.69, 9.17) is 0 Å². The van der Waals surface area contributed by atoms with Gasteiger partial charge in [0.1, 0.15) is 0 Å². The molecule has 0 atom stereocenters. The van der Waals surface area contributed by atoms with Crippen molar-refractivity contribution in [3.8, 4) is 0 Å². The largest absolute Gasteiger partial charge is 0.381 e. The van der Waals surface area contributed by atoms with Crippen LogP contribution in [0.25, 0.3) is 10.9 Å². The fraction of sp³-hybridized carbons (Fsp3) is 0.250. The molecule has 0 fully saturated rings. The lowest BCUT2D eigenvalue weighted by atomic mass is 10.1. The number of fused-ring (bicyclic) bond motifs is 1. The lowest BCUT2D eigenvalue weighted by Crippen LogP contribution is -2.17. The highest BCUT2D eigenvalue weighted by atomic mass is 32.2. The number of aromatic nitrogens is 1. The smallest absolute Gasteiger partial charge is 0.232 e. The second kappa shape index (κ2) is 7.74. The van der Waals surface area contributed by atoms with E-state index >= 15 is 0 Å². The lowest BCUT2D eigenvalue weighted by molar-refractivity contribution is 0.600. The van der Waals surface area contributed by atoms with E-state index in [0.29, 0.717) is 18.7 Å². The van der Waals surface area contributed by atoms with Gasteiger partial charge >= 0.3 is 0 Å². The number of hydrogen-bond acceptors (Lipinski definition) is 4. The van der Waals surface area contributed by atoms with E-state index in [1.165, 1.54) is 0 Å². The van der Waals surface area contributed by atoms with Crippen molar-refractivity contribution in [3.05, 3.63) is 65.9 Å². The maximum atomic E-state index is 12.0. The minimum Gasteiger partial charge on any atom is -0.381 e. The van der Waals surface area contributed by atoms with Crippen LogP contribution in [0.3, 0.4) is 0 Å². The predicted octanol–water partition coefficient (Wildman–Crippen LogP) is 4.31. The van der Waals surface area contributed by atoms with Crippen molar-refractivity contribution in [2.24, 2.45) is 0 Å². The Hall–Kier alpha value is -2.60. The Morgan fingerprint density at radius 1 is 1.04 bits per heavy atom. The average molecular weight is 369 g/mol. The molecule has 2 aromatic carbocycles. The van der Waals surface area contributed by atoms with Gasteiger partial charge in [-0.3, -0.25) is 9.71 Å². The van der Waals surface area contributed by atoms with Crippen molar-refractivity contribution in [1.82, 2.24) is 4.98 Å². The van der Waals surface area contributed by atoms with Crippen LogP contribution < -0.4 is 10.0 Å². The first-order chi connectivity index (χ1) is 12.5. The topological polar surface area (TPSA) is 71.1 Å². The maximum Gasteiger partial charge on any atom is 0.232 e. The van der Waals surface area contributed by atoms with Gasteiger partial charge in [-0.15, -0.1) is 0 Å². The maximum absolute atomic E-state index is 12.0. The third kappa shape index (κ3) is 4.32. The molecule has 0 aliphatic heterocycles. The normalized spacial score (nSPS) is 11.5. The second-order valence-corrected chi connectivity index (χ2v) is 8.13. The Morgan fingerprint density at radius 2 is 1.81 bits per heavy atom. The van der Waals surface area contributed by atoms with E-state index in [9.17, 15) is 8.42 Å². The summed E-state index contributed by atoms with van der Waals surface area (Å²) in [5.74, 6) is 0.118. The average Bonchev–Trinajstić information content (AvgIpc) is 2.62. The van der Waals surface area contributed by atoms with Crippen LogP contribution in [0.15, 0.2) is 54.7 Å². The second-order valence-electron chi connectivity index (χ2n) is 6.29. The van der Waals surface area contributed by atoms with Crippen LogP contribution in [-0.4, -0.2) is 19.2 Å². The molecule has 136 valence electrons. The van der Waals surface area contributed by atoms with Crippen molar-refractivity contribution < 1.29 is 8.42 Å². The summed E-state index contributed by atoms with van der Waals surface area (Å²) in [5.41, 5.74) is 4.43. The zero-order valence-electron chi connectivity index (χ0n) is 15.0. The third-order valence-electron chi connectivity index (χ3n) is 4.20. The van der Waals surface area contributed by atoms with E-state index in [0.717, 1.165) is 27.7 Å². The number of hydrogen-bond donors (Lipinski definition) is 2. The van der Waals surface area contributed by atoms with Crippen LogP contribution in [0, 0.1) is 6.92 Å². The molecule has 6 heteroatoms. The molecule has 26 heavy (non-hydrogen) atoms. The molecule has 0 spiro atoms. The van der Waals surface area contributed by atoms with Crippen LogP contribution >= 0.6 is 0 Å². The van der Waals surface area contributed by atoms with Gasteiger partial charge in [-0.25, -0.2) is 8.42 Å². The molecule has 0 aliphatic carbocycles. The van der Waals surface area contributed by atoms with Crippen LogP contribution in [0.5, 0.6) is 0 Å². The van der Waals surface area contributed by atoms with Crippen LogP contribution in [0.1, 0.15) is 24.5 Å². The molecule has 1 heterocycles. The summed E-state index contributed by atoms with van der Waals surface area (Å²) in [7, 11) is -3.30. The molecular formula is C20H23N3O2S. The van der Waals surface area contributed by atoms with Gasteiger partial charge in [0.2, 0.25) is 10.0 Å². The number of sulfonamides is 1. The van der Waals surface area contributed by atoms with Crippen LogP contribution in [-0.2, 0) is 16.6 Å². The molecule has 0 saturated heterocycles. The molecule has 3 aromatic rings. The van der Waals surface area contributed by atoms with Crippen molar-refractivity contribution in [3.63, 3.8) is 0 Å². The van der Waals surface area contributed by atoms with Gasteiger partial charge in [-0.05, 0) is 48.7 Å². The third-order valence-corrected chi connectivity index (χ3v) is 5.68. The number of nitrogens with zero attached hydrogens (tertiary/aromatic N) is 1.